The fourth-order valence-corrected chi connectivity index (χ4v) is 3.51. The number of rotatable bonds is 7. The molecule has 2 unspecified atom stereocenters. The summed E-state index contributed by atoms with van der Waals surface area (Å²) in [4.78, 5) is 14.1. The van der Waals surface area contributed by atoms with E-state index in [-0.39, 0.29) is 11.4 Å². The fraction of sp³-hybridized carbons (Fsp3) is 0.273. The molecule has 1 amide bonds. The summed E-state index contributed by atoms with van der Waals surface area (Å²) < 4.78 is 77.5. The van der Waals surface area contributed by atoms with E-state index < -0.39 is 41.8 Å². The van der Waals surface area contributed by atoms with E-state index in [1.807, 2.05) is 5.10 Å². The molecule has 0 aliphatic heterocycles. The molecule has 0 aliphatic rings. The molecule has 6 nitrogen and oxygen atoms in total. The van der Waals surface area contributed by atoms with Crippen LogP contribution in [-0.2, 0) is 12.4 Å². The maximum absolute atomic E-state index is 13.0. The van der Waals surface area contributed by atoms with Gasteiger partial charge in [0, 0.05) is 29.7 Å². The first-order valence-corrected chi connectivity index (χ1v) is 10.5. The number of H-pyrrole nitrogens is 1. The van der Waals surface area contributed by atoms with E-state index in [4.69, 9.17) is 11.6 Å². The number of aromatic amines is 1. The Labute approximate surface area is 201 Å². The van der Waals surface area contributed by atoms with Crippen LogP contribution in [0.2, 0.25) is 5.02 Å². The Morgan fingerprint density at radius 3 is 2.20 bits per heavy atom. The monoisotopic (exact) mass is 519 g/mol. The van der Waals surface area contributed by atoms with Crippen molar-refractivity contribution in [2.75, 3.05) is 12.4 Å². The number of carbonyl (C=O) groups excluding carboxylic acids is 1. The molecular weight excluding hydrogens is 500 g/mol. The molecule has 0 radical (unpaired) electrons. The van der Waals surface area contributed by atoms with Gasteiger partial charge in [-0.25, -0.2) is 0 Å². The van der Waals surface area contributed by atoms with Crippen molar-refractivity contribution in [2.24, 2.45) is 0 Å². The van der Waals surface area contributed by atoms with Crippen LogP contribution in [0, 0.1) is 0 Å². The highest BCUT2D eigenvalue weighted by atomic mass is 35.5. The Bertz CT molecular complexity index is 1160. The van der Waals surface area contributed by atoms with E-state index in [9.17, 15) is 31.1 Å². The second-order valence-corrected chi connectivity index (χ2v) is 8.02. The molecule has 1 aromatic heterocycles. The number of hydrogen-bond donors (Lipinski definition) is 3. The minimum Gasteiger partial charge on any atom is -0.336 e. The topological polar surface area (TPSA) is 73.0 Å². The van der Waals surface area contributed by atoms with Gasteiger partial charge in [0.2, 0.25) is 0 Å². The van der Waals surface area contributed by atoms with Crippen LogP contribution in [0.25, 0.3) is 0 Å². The number of alkyl halides is 6. The molecule has 188 valence electrons. The van der Waals surface area contributed by atoms with Crippen LogP contribution in [-0.4, -0.2) is 34.3 Å². The van der Waals surface area contributed by atoms with Gasteiger partial charge in [-0.2, -0.15) is 31.4 Å². The van der Waals surface area contributed by atoms with Crippen LogP contribution in [0.15, 0.2) is 54.6 Å². The van der Waals surface area contributed by atoms with Crippen molar-refractivity contribution in [3.63, 3.8) is 0 Å². The van der Waals surface area contributed by atoms with Crippen LogP contribution in [0.1, 0.15) is 40.1 Å². The molecule has 13 heteroatoms. The van der Waals surface area contributed by atoms with Crippen LogP contribution in [0.4, 0.5) is 32.2 Å². The summed E-state index contributed by atoms with van der Waals surface area (Å²) >= 11 is 6.23. The lowest BCUT2D eigenvalue weighted by Gasteiger charge is -2.32. The third kappa shape index (κ3) is 6.45. The number of carbonyl (C=O) groups is 1. The first kappa shape index (κ1) is 26.4. The Kier molecular flexibility index (Phi) is 7.65. The van der Waals surface area contributed by atoms with Crippen molar-refractivity contribution < 1.29 is 31.1 Å². The zero-order chi connectivity index (χ0) is 26.0. The van der Waals surface area contributed by atoms with Gasteiger partial charge in [-0.05, 0) is 42.8 Å². The lowest BCUT2D eigenvalue weighted by molar-refractivity contribution is -0.141. The molecule has 0 spiro atoms. The summed E-state index contributed by atoms with van der Waals surface area (Å²) in [5, 5.41) is 11.6. The molecule has 2 atom stereocenters. The van der Waals surface area contributed by atoms with E-state index in [0.29, 0.717) is 10.6 Å². The fourth-order valence-electron chi connectivity index (χ4n) is 3.21. The number of benzene rings is 2. The highest BCUT2D eigenvalue weighted by Crippen LogP contribution is 2.30. The van der Waals surface area contributed by atoms with Gasteiger partial charge in [0.15, 0.2) is 12.1 Å². The highest BCUT2D eigenvalue weighted by Gasteiger charge is 2.34. The zero-order valence-corrected chi connectivity index (χ0v) is 19.1. The number of nitrogens with one attached hydrogen (secondary N) is 3. The van der Waals surface area contributed by atoms with E-state index in [0.717, 1.165) is 35.2 Å². The van der Waals surface area contributed by atoms with E-state index in [1.54, 1.807) is 31.2 Å². The average molecular weight is 520 g/mol. The number of nitrogens with zero attached hydrogens (tertiary/aromatic N) is 2. The summed E-state index contributed by atoms with van der Waals surface area (Å²) in [5.41, 5.74) is -1.44. The van der Waals surface area contributed by atoms with E-state index >= 15 is 0 Å². The molecule has 3 aromatic rings. The van der Waals surface area contributed by atoms with Crippen LogP contribution >= 0.6 is 11.6 Å². The number of amides is 1. The summed E-state index contributed by atoms with van der Waals surface area (Å²) in [6.07, 6.45) is -10.4. The van der Waals surface area contributed by atoms with Crippen molar-refractivity contribution in [1.82, 2.24) is 20.4 Å². The predicted molar refractivity (Wildman–Crippen MR) is 118 cm³/mol. The van der Waals surface area contributed by atoms with E-state index in [2.05, 4.69) is 15.7 Å². The summed E-state index contributed by atoms with van der Waals surface area (Å²) in [6, 6.07) is 10.6. The standard InChI is InChI=1S/C22H20ClF6N5O/c1-12(15-5-3-4-6-16(15)23)30-20(31-18-11-17(32-33-18)22(27,28)29)34(2)19(35)13-7-9-14(10-8-13)21(24,25)26/h3-12,20,30H,1-2H3,(H2,31,32,33). The summed E-state index contributed by atoms with van der Waals surface area (Å²) in [7, 11) is 1.33. The molecule has 0 aliphatic carbocycles. The normalized spacial score (nSPS) is 13.9. The molecular formula is C22H20ClF6N5O. The summed E-state index contributed by atoms with van der Waals surface area (Å²) in [6.45, 7) is 1.72. The van der Waals surface area contributed by atoms with Crippen molar-refractivity contribution in [3.8, 4) is 0 Å². The number of halogens is 7. The quantitative estimate of drug-likeness (QED) is 0.268. The first-order chi connectivity index (χ1) is 16.3. The molecule has 3 rings (SSSR count). The maximum atomic E-state index is 13.0. The highest BCUT2D eigenvalue weighted by molar-refractivity contribution is 6.31. The maximum Gasteiger partial charge on any atom is 0.432 e. The number of hydrogen-bond acceptors (Lipinski definition) is 4. The van der Waals surface area contributed by atoms with Gasteiger partial charge in [-0.15, -0.1) is 0 Å². The van der Waals surface area contributed by atoms with Crippen molar-refractivity contribution in [1.29, 1.82) is 0 Å². The van der Waals surface area contributed by atoms with Crippen LogP contribution in [0.5, 0.6) is 0 Å². The largest absolute Gasteiger partial charge is 0.432 e. The molecule has 0 bridgehead atoms. The number of aromatic nitrogens is 2. The van der Waals surface area contributed by atoms with Gasteiger partial charge in [0.1, 0.15) is 5.69 Å². The van der Waals surface area contributed by atoms with Gasteiger partial charge in [0.25, 0.3) is 5.91 Å². The molecule has 0 fully saturated rings. The number of anilines is 1. The molecule has 2 aromatic carbocycles. The molecule has 3 N–H and O–H groups in total. The predicted octanol–water partition coefficient (Wildman–Crippen LogP) is 5.92. The van der Waals surface area contributed by atoms with Crippen LogP contribution < -0.4 is 10.6 Å². The second kappa shape index (κ2) is 10.2. The van der Waals surface area contributed by atoms with Gasteiger partial charge in [-0.1, -0.05) is 29.8 Å². The smallest absolute Gasteiger partial charge is 0.336 e. The lowest BCUT2D eigenvalue weighted by Crippen LogP contribution is -2.52. The summed E-state index contributed by atoms with van der Waals surface area (Å²) in [5.74, 6) is -0.907. The van der Waals surface area contributed by atoms with Crippen LogP contribution in [0.3, 0.4) is 0 Å². The van der Waals surface area contributed by atoms with Crippen molar-refractivity contribution in [3.05, 3.63) is 82.0 Å². The van der Waals surface area contributed by atoms with Gasteiger partial charge in [0.05, 0.1) is 5.56 Å². The third-order valence-corrected chi connectivity index (χ3v) is 5.46. The minimum atomic E-state index is -4.66. The van der Waals surface area contributed by atoms with Gasteiger partial charge < -0.3 is 10.2 Å². The Morgan fingerprint density at radius 2 is 1.66 bits per heavy atom. The lowest BCUT2D eigenvalue weighted by atomic mass is 10.1. The Hall–Kier alpha value is -3.25. The Balaban J connectivity index is 1.88. The van der Waals surface area contributed by atoms with Crippen molar-refractivity contribution in [2.45, 2.75) is 31.6 Å². The molecule has 35 heavy (non-hydrogen) atoms. The third-order valence-electron chi connectivity index (χ3n) is 5.11. The molecule has 0 saturated carbocycles. The minimum absolute atomic E-state index is 0.0579. The second-order valence-electron chi connectivity index (χ2n) is 7.61. The van der Waals surface area contributed by atoms with Crippen molar-refractivity contribution >= 4 is 23.3 Å². The first-order valence-electron chi connectivity index (χ1n) is 10.1. The zero-order valence-electron chi connectivity index (χ0n) is 18.3. The molecule has 1 heterocycles. The van der Waals surface area contributed by atoms with Gasteiger partial charge in [-0.3, -0.25) is 15.2 Å². The Morgan fingerprint density at radius 1 is 1.03 bits per heavy atom. The average Bonchev–Trinajstić information content (AvgIpc) is 3.26. The molecule has 0 saturated heterocycles. The SMILES string of the molecule is CC(NC(Nc1cc(C(F)(F)F)[nH]n1)N(C)C(=O)c1ccc(C(F)(F)F)cc1)c1ccccc1Cl. The van der Waals surface area contributed by atoms with E-state index in [1.165, 1.54) is 7.05 Å². The van der Waals surface area contributed by atoms with Gasteiger partial charge >= 0.3 is 12.4 Å².